The highest BCUT2D eigenvalue weighted by Gasteiger charge is 2.07. The minimum atomic E-state index is -0.156. The highest BCUT2D eigenvalue weighted by Crippen LogP contribution is 2.18. The zero-order valence-corrected chi connectivity index (χ0v) is 12.7. The molecule has 0 saturated heterocycles. The van der Waals surface area contributed by atoms with Gasteiger partial charge in [0.25, 0.3) is 0 Å². The van der Waals surface area contributed by atoms with Crippen molar-refractivity contribution in [2.24, 2.45) is 0 Å². The Morgan fingerprint density at radius 2 is 1.89 bits per heavy atom. The summed E-state index contributed by atoms with van der Waals surface area (Å²) in [5.74, 6) is -0.156. The van der Waals surface area contributed by atoms with Gasteiger partial charge in [0.1, 0.15) is 5.82 Å². The molecule has 2 aromatic rings. The molecule has 0 aliphatic carbocycles. The molecule has 0 bridgehead atoms. The van der Waals surface area contributed by atoms with Crippen LogP contribution in [0.1, 0.15) is 23.1 Å². The lowest BCUT2D eigenvalue weighted by atomic mass is 10.0. The van der Waals surface area contributed by atoms with E-state index in [-0.39, 0.29) is 5.82 Å². The molecular formula is C17H18BrF. The number of hydrogen-bond acceptors (Lipinski definition) is 0. The van der Waals surface area contributed by atoms with Gasteiger partial charge in [-0.2, -0.15) is 0 Å². The van der Waals surface area contributed by atoms with Crippen LogP contribution in [0.3, 0.4) is 0 Å². The predicted molar refractivity (Wildman–Crippen MR) is 82.3 cm³/mol. The summed E-state index contributed by atoms with van der Waals surface area (Å²) in [6.07, 6.45) is 2.98. The number of alkyl halides is 1. The zero-order valence-electron chi connectivity index (χ0n) is 11.1. The van der Waals surface area contributed by atoms with Gasteiger partial charge < -0.3 is 0 Å². The lowest BCUT2D eigenvalue weighted by molar-refractivity contribution is 0.624. The lowest BCUT2D eigenvalue weighted by Gasteiger charge is -2.11. The van der Waals surface area contributed by atoms with Crippen LogP contribution in [0.5, 0.6) is 0 Å². The summed E-state index contributed by atoms with van der Waals surface area (Å²) in [6.45, 7) is 2.14. The molecule has 0 fully saturated rings. The summed E-state index contributed by atoms with van der Waals surface area (Å²) >= 11 is 3.70. The van der Waals surface area contributed by atoms with E-state index in [1.165, 1.54) is 17.2 Å². The van der Waals surface area contributed by atoms with Crippen molar-refractivity contribution in [3.63, 3.8) is 0 Å². The highest BCUT2D eigenvalue weighted by molar-refractivity contribution is 9.09. The molecule has 2 aromatic carbocycles. The molecule has 100 valence electrons. The second-order valence-corrected chi connectivity index (χ2v) is 6.19. The molecule has 0 nitrogen and oxygen atoms in total. The summed E-state index contributed by atoms with van der Waals surface area (Å²) in [4.78, 5) is 0.383. The van der Waals surface area contributed by atoms with Gasteiger partial charge in [-0.25, -0.2) is 4.39 Å². The number of rotatable bonds is 5. The van der Waals surface area contributed by atoms with Crippen LogP contribution in [-0.2, 0) is 12.8 Å². The molecule has 0 spiro atoms. The molecule has 0 heterocycles. The lowest BCUT2D eigenvalue weighted by Crippen LogP contribution is -2.05. The van der Waals surface area contributed by atoms with E-state index in [2.05, 4.69) is 47.1 Å². The van der Waals surface area contributed by atoms with E-state index >= 15 is 0 Å². The monoisotopic (exact) mass is 320 g/mol. The van der Waals surface area contributed by atoms with Crippen LogP contribution in [0.4, 0.5) is 4.39 Å². The third kappa shape index (κ3) is 4.46. The van der Waals surface area contributed by atoms with Crippen molar-refractivity contribution >= 4 is 15.9 Å². The Morgan fingerprint density at radius 1 is 1.11 bits per heavy atom. The van der Waals surface area contributed by atoms with Crippen molar-refractivity contribution in [2.45, 2.75) is 31.0 Å². The van der Waals surface area contributed by atoms with E-state index in [0.717, 1.165) is 24.8 Å². The van der Waals surface area contributed by atoms with Gasteiger partial charge >= 0.3 is 0 Å². The molecule has 0 radical (unpaired) electrons. The number of halogens is 2. The van der Waals surface area contributed by atoms with E-state index < -0.39 is 0 Å². The Hall–Kier alpha value is -1.15. The largest absolute Gasteiger partial charge is 0.207 e. The van der Waals surface area contributed by atoms with Crippen molar-refractivity contribution in [1.82, 2.24) is 0 Å². The molecule has 1 unspecified atom stereocenters. The Bertz CT molecular complexity index is 536. The van der Waals surface area contributed by atoms with Crippen LogP contribution in [0.25, 0.3) is 0 Å². The number of hydrogen-bond donors (Lipinski definition) is 0. The van der Waals surface area contributed by atoms with E-state index in [4.69, 9.17) is 0 Å². The summed E-state index contributed by atoms with van der Waals surface area (Å²) < 4.78 is 13.1. The number of aryl methyl sites for hydroxylation is 2. The normalized spacial score (nSPS) is 12.4. The predicted octanol–water partition coefficient (Wildman–Crippen LogP) is 5.07. The fourth-order valence-corrected chi connectivity index (χ4v) is 2.83. The molecule has 0 aromatic heterocycles. The topological polar surface area (TPSA) is 0 Å². The van der Waals surface area contributed by atoms with Gasteiger partial charge in [0.05, 0.1) is 0 Å². The molecule has 0 aliphatic rings. The first kappa shape index (κ1) is 14.3. The fourth-order valence-electron chi connectivity index (χ4n) is 2.22. The molecule has 0 amide bonds. The zero-order chi connectivity index (χ0) is 13.7. The van der Waals surface area contributed by atoms with Gasteiger partial charge in [0.2, 0.25) is 0 Å². The van der Waals surface area contributed by atoms with Gasteiger partial charge in [-0.05, 0) is 55.0 Å². The quantitative estimate of drug-likeness (QED) is 0.674. The van der Waals surface area contributed by atoms with Gasteiger partial charge in [-0.15, -0.1) is 0 Å². The van der Waals surface area contributed by atoms with Gasteiger partial charge in [0.15, 0.2) is 0 Å². The van der Waals surface area contributed by atoms with Crippen molar-refractivity contribution in [2.75, 3.05) is 0 Å². The second-order valence-electron chi connectivity index (χ2n) is 4.90. The fraction of sp³-hybridized carbons (Fsp3) is 0.294. The van der Waals surface area contributed by atoms with Crippen molar-refractivity contribution < 1.29 is 4.39 Å². The Balaban J connectivity index is 1.88. The van der Waals surface area contributed by atoms with Crippen LogP contribution >= 0.6 is 15.9 Å². The maximum Gasteiger partial charge on any atom is 0.123 e. The summed E-state index contributed by atoms with van der Waals surface area (Å²) in [7, 11) is 0. The number of benzene rings is 2. The third-order valence-corrected chi connectivity index (χ3v) is 4.12. The maximum atomic E-state index is 13.1. The van der Waals surface area contributed by atoms with Crippen molar-refractivity contribution in [3.8, 4) is 0 Å². The molecule has 19 heavy (non-hydrogen) atoms. The second kappa shape index (κ2) is 6.85. The third-order valence-electron chi connectivity index (χ3n) is 3.33. The maximum absolute atomic E-state index is 13.1. The van der Waals surface area contributed by atoms with Gasteiger partial charge in [-0.3, -0.25) is 0 Å². The molecule has 1 atom stereocenters. The van der Waals surface area contributed by atoms with Gasteiger partial charge in [-0.1, -0.05) is 52.3 Å². The van der Waals surface area contributed by atoms with Crippen LogP contribution in [0, 0.1) is 12.7 Å². The molecule has 0 aliphatic heterocycles. The van der Waals surface area contributed by atoms with E-state index in [0.29, 0.717) is 4.83 Å². The minimum Gasteiger partial charge on any atom is -0.207 e. The standard InChI is InChI=1S/C17H18BrF/c1-13-5-2-3-7-15(13)9-10-16(18)11-14-6-4-8-17(19)12-14/h2-8,12,16H,9-11H2,1H3. The van der Waals surface area contributed by atoms with Crippen molar-refractivity contribution in [1.29, 1.82) is 0 Å². The molecule has 2 heteroatoms. The summed E-state index contributed by atoms with van der Waals surface area (Å²) in [5.41, 5.74) is 3.78. The van der Waals surface area contributed by atoms with Crippen LogP contribution in [0.2, 0.25) is 0 Å². The Labute approximate surface area is 122 Å². The molecule has 2 rings (SSSR count). The van der Waals surface area contributed by atoms with E-state index in [1.54, 1.807) is 12.1 Å². The Morgan fingerprint density at radius 3 is 2.63 bits per heavy atom. The van der Waals surface area contributed by atoms with Crippen LogP contribution in [-0.4, -0.2) is 4.83 Å². The average Bonchev–Trinajstić information content (AvgIpc) is 2.38. The first-order valence-electron chi connectivity index (χ1n) is 6.58. The van der Waals surface area contributed by atoms with Crippen LogP contribution in [0.15, 0.2) is 48.5 Å². The van der Waals surface area contributed by atoms with E-state index in [9.17, 15) is 4.39 Å². The minimum absolute atomic E-state index is 0.156. The highest BCUT2D eigenvalue weighted by atomic mass is 79.9. The molecule has 0 saturated carbocycles. The smallest absolute Gasteiger partial charge is 0.123 e. The first-order valence-corrected chi connectivity index (χ1v) is 7.50. The van der Waals surface area contributed by atoms with Crippen LogP contribution < -0.4 is 0 Å². The first-order chi connectivity index (χ1) is 9.15. The van der Waals surface area contributed by atoms with Gasteiger partial charge in [0, 0.05) is 4.83 Å². The van der Waals surface area contributed by atoms with E-state index in [1.807, 2.05) is 6.07 Å². The SMILES string of the molecule is Cc1ccccc1CCC(Br)Cc1cccc(F)c1. The average molecular weight is 321 g/mol. The Kier molecular flexibility index (Phi) is 5.15. The van der Waals surface area contributed by atoms with Crippen molar-refractivity contribution in [3.05, 3.63) is 71.0 Å². The summed E-state index contributed by atoms with van der Waals surface area (Å²) in [5, 5.41) is 0. The summed E-state index contributed by atoms with van der Waals surface area (Å²) in [6, 6.07) is 15.3. The molecular weight excluding hydrogens is 303 g/mol. The molecule has 0 N–H and O–H groups in total.